The third kappa shape index (κ3) is 5.83. The zero-order valence-electron chi connectivity index (χ0n) is 15.9. The number of carbonyl (C=O) groups is 1. The number of nitrogens with one attached hydrogen (secondary N) is 1. The highest BCUT2D eigenvalue weighted by Gasteiger charge is 2.24. The van der Waals surface area contributed by atoms with Crippen molar-refractivity contribution in [3.63, 3.8) is 0 Å². The number of carbonyl (C=O) groups excluding carboxylic acids is 1. The number of amides is 1. The van der Waals surface area contributed by atoms with E-state index < -0.39 is 0 Å². The zero-order valence-corrected chi connectivity index (χ0v) is 19.0. The van der Waals surface area contributed by atoms with E-state index in [4.69, 9.17) is 39.5 Å². The molecule has 156 valence electrons. The minimum absolute atomic E-state index is 0.244. The quantitative estimate of drug-likeness (QED) is 0.388. The van der Waals surface area contributed by atoms with Gasteiger partial charge in [-0.25, -0.2) is 4.99 Å². The maximum absolute atomic E-state index is 12.5. The lowest BCUT2D eigenvalue weighted by Gasteiger charge is -2.10. The molecule has 0 saturated carbocycles. The van der Waals surface area contributed by atoms with Gasteiger partial charge in [-0.05, 0) is 71.9 Å². The van der Waals surface area contributed by atoms with Gasteiger partial charge in [0, 0.05) is 20.6 Å². The van der Waals surface area contributed by atoms with Gasteiger partial charge in [0.15, 0.2) is 5.17 Å². The van der Waals surface area contributed by atoms with Crippen molar-refractivity contribution in [2.45, 2.75) is 6.61 Å². The summed E-state index contributed by atoms with van der Waals surface area (Å²) >= 11 is 19.5. The first-order valence-electron chi connectivity index (χ1n) is 9.18. The van der Waals surface area contributed by atoms with Gasteiger partial charge in [-0.3, -0.25) is 4.79 Å². The number of thioether (sulfide) groups is 1. The monoisotopic (exact) mass is 488 g/mol. The van der Waals surface area contributed by atoms with Crippen LogP contribution >= 0.6 is 46.6 Å². The van der Waals surface area contributed by atoms with E-state index in [0.29, 0.717) is 48.7 Å². The molecule has 3 aromatic rings. The minimum Gasteiger partial charge on any atom is -0.488 e. The van der Waals surface area contributed by atoms with Crippen molar-refractivity contribution in [2.75, 3.05) is 0 Å². The summed E-state index contributed by atoms with van der Waals surface area (Å²) in [5.74, 6) is 0.358. The molecule has 1 aliphatic rings. The number of aliphatic imine (C=N–C) groups is 1. The molecular weight excluding hydrogens is 475 g/mol. The summed E-state index contributed by atoms with van der Waals surface area (Å²) in [5, 5.41) is 5.00. The van der Waals surface area contributed by atoms with E-state index in [1.54, 1.807) is 42.5 Å². The SMILES string of the molecule is O=C1NC(=Nc2cccc(Cl)c2)S/C1=C\c1cc(Cl)ccc1OCc1cccc(Cl)c1. The molecule has 4 nitrogen and oxygen atoms in total. The Morgan fingerprint density at radius 2 is 1.68 bits per heavy atom. The van der Waals surface area contributed by atoms with Crippen LogP contribution in [0.2, 0.25) is 15.1 Å². The molecule has 1 saturated heterocycles. The molecule has 0 unspecified atom stereocenters. The predicted octanol–water partition coefficient (Wildman–Crippen LogP) is 7.12. The molecule has 3 aromatic carbocycles. The maximum atomic E-state index is 12.5. The molecule has 0 bridgehead atoms. The molecule has 1 aliphatic heterocycles. The second kappa shape index (κ2) is 9.79. The highest BCUT2D eigenvalue weighted by Crippen LogP contribution is 2.32. The summed E-state index contributed by atoms with van der Waals surface area (Å²) in [6.45, 7) is 0.333. The van der Waals surface area contributed by atoms with Gasteiger partial charge in [0.1, 0.15) is 12.4 Å². The molecule has 0 radical (unpaired) electrons. The van der Waals surface area contributed by atoms with Crippen LogP contribution in [-0.4, -0.2) is 11.1 Å². The van der Waals surface area contributed by atoms with E-state index in [2.05, 4.69) is 10.3 Å². The van der Waals surface area contributed by atoms with E-state index in [-0.39, 0.29) is 5.91 Å². The van der Waals surface area contributed by atoms with Crippen molar-refractivity contribution in [2.24, 2.45) is 4.99 Å². The molecular formula is C23H15Cl3N2O2S. The molecule has 4 rings (SSSR count). The molecule has 1 heterocycles. The molecule has 8 heteroatoms. The van der Waals surface area contributed by atoms with Crippen LogP contribution in [0.15, 0.2) is 76.6 Å². The van der Waals surface area contributed by atoms with Crippen LogP contribution in [0.3, 0.4) is 0 Å². The molecule has 0 aromatic heterocycles. The molecule has 1 fully saturated rings. The molecule has 31 heavy (non-hydrogen) atoms. The van der Waals surface area contributed by atoms with Crippen LogP contribution in [0.25, 0.3) is 6.08 Å². The van der Waals surface area contributed by atoms with E-state index in [1.165, 1.54) is 11.8 Å². The Labute approximate surface area is 198 Å². The second-order valence-electron chi connectivity index (χ2n) is 6.56. The van der Waals surface area contributed by atoms with Crippen LogP contribution in [0.5, 0.6) is 5.75 Å². The van der Waals surface area contributed by atoms with Gasteiger partial charge < -0.3 is 10.1 Å². The van der Waals surface area contributed by atoms with E-state index in [0.717, 1.165) is 5.56 Å². The van der Waals surface area contributed by atoms with Gasteiger partial charge in [0.2, 0.25) is 0 Å². The van der Waals surface area contributed by atoms with E-state index in [9.17, 15) is 4.79 Å². The molecule has 0 spiro atoms. The summed E-state index contributed by atoms with van der Waals surface area (Å²) in [5.41, 5.74) is 2.28. The molecule has 1 N–H and O–H groups in total. The summed E-state index contributed by atoms with van der Waals surface area (Å²) in [6, 6.07) is 19.8. The lowest BCUT2D eigenvalue weighted by atomic mass is 10.1. The van der Waals surface area contributed by atoms with Gasteiger partial charge in [0.05, 0.1) is 10.6 Å². The predicted molar refractivity (Wildman–Crippen MR) is 129 cm³/mol. The Hall–Kier alpha value is -2.44. The fourth-order valence-electron chi connectivity index (χ4n) is 2.84. The van der Waals surface area contributed by atoms with Crippen LogP contribution in [0.1, 0.15) is 11.1 Å². The van der Waals surface area contributed by atoms with Gasteiger partial charge in [0.25, 0.3) is 5.91 Å². The van der Waals surface area contributed by atoms with Crippen LogP contribution in [0, 0.1) is 0 Å². The largest absolute Gasteiger partial charge is 0.488 e. The number of benzene rings is 3. The van der Waals surface area contributed by atoms with E-state index in [1.807, 2.05) is 30.3 Å². The third-order valence-corrected chi connectivity index (χ3v) is 5.85. The number of halogens is 3. The van der Waals surface area contributed by atoms with Crippen molar-refractivity contribution in [1.29, 1.82) is 0 Å². The van der Waals surface area contributed by atoms with Gasteiger partial charge in [-0.2, -0.15) is 0 Å². The number of hydrogen-bond donors (Lipinski definition) is 1. The van der Waals surface area contributed by atoms with Crippen molar-refractivity contribution in [1.82, 2.24) is 5.32 Å². The topological polar surface area (TPSA) is 50.7 Å². The first-order valence-corrected chi connectivity index (χ1v) is 11.1. The summed E-state index contributed by atoms with van der Waals surface area (Å²) in [7, 11) is 0. The minimum atomic E-state index is -0.244. The molecule has 1 amide bonds. The summed E-state index contributed by atoms with van der Waals surface area (Å²) in [4.78, 5) is 17.4. The fourth-order valence-corrected chi connectivity index (χ4v) is 4.25. The first-order chi connectivity index (χ1) is 15.0. The smallest absolute Gasteiger partial charge is 0.264 e. The molecule has 0 aliphatic carbocycles. The number of rotatable bonds is 5. The molecule has 0 atom stereocenters. The maximum Gasteiger partial charge on any atom is 0.264 e. The Bertz CT molecular complexity index is 1210. The normalized spacial score (nSPS) is 16.0. The van der Waals surface area contributed by atoms with Crippen LogP contribution in [-0.2, 0) is 11.4 Å². The number of nitrogens with zero attached hydrogens (tertiary/aromatic N) is 1. The summed E-state index contributed by atoms with van der Waals surface area (Å²) in [6.07, 6.45) is 1.74. The number of hydrogen-bond acceptors (Lipinski definition) is 4. The van der Waals surface area contributed by atoms with Gasteiger partial charge in [-0.1, -0.05) is 53.0 Å². The average Bonchev–Trinajstić information content (AvgIpc) is 3.06. The lowest BCUT2D eigenvalue weighted by molar-refractivity contribution is -0.115. The number of ether oxygens (including phenoxy) is 1. The Morgan fingerprint density at radius 3 is 2.45 bits per heavy atom. The Balaban J connectivity index is 1.56. The third-order valence-electron chi connectivity index (χ3n) is 4.23. The van der Waals surface area contributed by atoms with E-state index >= 15 is 0 Å². The van der Waals surface area contributed by atoms with Crippen LogP contribution < -0.4 is 10.1 Å². The number of amidine groups is 1. The standard InChI is InChI=1S/C23H15Cl3N2O2S/c24-16-4-1-3-14(9-16)13-30-20-8-7-18(26)10-15(20)11-21-22(29)28-23(31-21)27-19-6-2-5-17(25)12-19/h1-12H,13H2,(H,27,28,29)/b21-11-. The second-order valence-corrected chi connectivity index (χ2v) is 8.90. The van der Waals surface area contributed by atoms with Crippen LogP contribution in [0.4, 0.5) is 5.69 Å². The highest BCUT2D eigenvalue weighted by atomic mass is 35.5. The summed E-state index contributed by atoms with van der Waals surface area (Å²) < 4.78 is 5.97. The first kappa shape index (κ1) is 21.8. The van der Waals surface area contributed by atoms with Crippen molar-refractivity contribution in [3.8, 4) is 5.75 Å². The Morgan fingerprint density at radius 1 is 0.935 bits per heavy atom. The Kier molecular flexibility index (Phi) is 6.88. The lowest BCUT2D eigenvalue weighted by Crippen LogP contribution is -2.19. The zero-order chi connectivity index (χ0) is 21.8. The van der Waals surface area contributed by atoms with Gasteiger partial charge in [-0.15, -0.1) is 0 Å². The highest BCUT2D eigenvalue weighted by molar-refractivity contribution is 8.18. The van der Waals surface area contributed by atoms with Crippen molar-refractivity contribution >= 4 is 69.4 Å². The van der Waals surface area contributed by atoms with Crippen molar-refractivity contribution in [3.05, 3.63) is 97.8 Å². The van der Waals surface area contributed by atoms with Crippen molar-refractivity contribution < 1.29 is 9.53 Å². The van der Waals surface area contributed by atoms with Gasteiger partial charge >= 0.3 is 0 Å². The average molecular weight is 490 g/mol. The fraction of sp³-hybridized carbons (Fsp3) is 0.0435.